The minimum Gasteiger partial charge on any atom is -0.480 e. The number of unbranched alkanes of at least 4 members (excludes halogenated alkanes) is 1. The predicted octanol–water partition coefficient (Wildman–Crippen LogP) is 5.09. The van der Waals surface area contributed by atoms with Gasteiger partial charge in [-0.05, 0) is 74.6 Å². The van der Waals surface area contributed by atoms with Crippen LogP contribution in [0.15, 0.2) is 42.5 Å². The number of hydrogen-bond donors (Lipinski definition) is 3. The van der Waals surface area contributed by atoms with Crippen molar-refractivity contribution in [3.8, 4) is 0 Å². The Labute approximate surface area is 228 Å². The van der Waals surface area contributed by atoms with E-state index < -0.39 is 12.0 Å². The van der Waals surface area contributed by atoms with Crippen LogP contribution in [0.5, 0.6) is 0 Å². The number of hydrogen-bond acceptors (Lipinski definition) is 5. The smallest absolute Gasteiger partial charge is 0.326 e. The quantitative estimate of drug-likeness (QED) is 0.251. The number of benzene rings is 1. The normalized spacial score (nSPS) is 13.7. The number of aromatic nitrogens is 1. The number of anilines is 1. The van der Waals surface area contributed by atoms with Crippen molar-refractivity contribution in [2.24, 2.45) is 5.92 Å². The van der Waals surface area contributed by atoms with E-state index in [0.29, 0.717) is 25.3 Å². The van der Waals surface area contributed by atoms with Gasteiger partial charge in [0.2, 0.25) is 5.91 Å². The Balaban J connectivity index is 1.52. The molecule has 1 aliphatic rings. The third kappa shape index (κ3) is 10.1. The summed E-state index contributed by atoms with van der Waals surface area (Å²) in [6.45, 7) is 7.52. The number of pyridine rings is 1. The number of carbonyl (C=O) groups excluding carboxylic acids is 1. The molecule has 3 N–H and O–H groups in total. The van der Waals surface area contributed by atoms with Gasteiger partial charge in [0.25, 0.3) is 0 Å². The van der Waals surface area contributed by atoms with Crippen LogP contribution in [-0.4, -0.2) is 59.1 Å². The van der Waals surface area contributed by atoms with Gasteiger partial charge < -0.3 is 20.6 Å². The van der Waals surface area contributed by atoms with Gasteiger partial charge in [-0.2, -0.15) is 0 Å². The van der Waals surface area contributed by atoms with Gasteiger partial charge in [-0.3, -0.25) is 4.79 Å². The maximum atomic E-state index is 12.5. The third-order valence-electron chi connectivity index (χ3n) is 7.66. The first-order chi connectivity index (χ1) is 18.5. The van der Waals surface area contributed by atoms with E-state index >= 15 is 0 Å². The van der Waals surface area contributed by atoms with Gasteiger partial charge in [0.1, 0.15) is 11.9 Å². The van der Waals surface area contributed by atoms with E-state index in [4.69, 9.17) is 4.98 Å². The second-order valence-electron chi connectivity index (χ2n) is 10.5. The molecule has 2 aromatic rings. The van der Waals surface area contributed by atoms with Crippen molar-refractivity contribution in [1.29, 1.82) is 0 Å². The summed E-state index contributed by atoms with van der Waals surface area (Å²) in [5.41, 5.74) is 3.71. The van der Waals surface area contributed by atoms with E-state index in [-0.39, 0.29) is 5.91 Å². The highest BCUT2D eigenvalue weighted by Crippen LogP contribution is 2.20. The fourth-order valence-electron chi connectivity index (χ4n) is 5.08. The first-order valence-corrected chi connectivity index (χ1v) is 14.5. The van der Waals surface area contributed by atoms with Crippen LogP contribution in [0, 0.1) is 5.92 Å². The minimum atomic E-state index is -0.960. The number of aryl methyl sites for hydroxylation is 2. The molecule has 0 spiro atoms. The first-order valence-electron chi connectivity index (χ1n) is 14.5. The molecular weight excluding hydrogens is 476 g/mol. The van der Waals surface area contributed by atoms with E-state index in [9.17, 15) is 14.7 Å². The zero-order valence-corrected chi connectivity index (χ0v) is 23.3. The Morgan fingerprint density at radius 1 is 1.03 bits per heavy atom. The molecule has 1 unspecified atom stereocenters. The van der Waals surface area contributed by atoms with E-state index in [1.807, 2.05) is 6.07 Å². The number of carboxylic acids is 1. The van der Waals surface area contributed by atoms with E-state index in [1.54, 1.807) is 0 Å². The molecule has 1 atom stereocenters. The molecule has 1 aliphatic heterocycles. The molecule has 0 fully saturated rings. The molecule has 208 valence electrons. The number of nitrogens with zero attached hydrogens (tertiary/aromatic N) is 2. The average molecular weight is 523 g/mol. The topological polar surface area (TPSA) is 94.6 Å². The fourth-order valence-corrected chi connectivity index (χ4v) is 5.08. The molecule has 2 heterocycles. The van der Waals surface area contributed by atoms with Crippen LogP contribution in [0.3, 0.4) is 0 Å². The largest absolute Gasteiger partial charge is 0.480 e. The summed E-state index contributed by atoms with van der Waals surface area (Å²) < 4.78 is 0. The van der Waals surface area contributed by atoms with Crippen molar-refractivity contribution in [3.63, 3.8) is 0 Å². The average Bonchev–Trinajstić information content (AvgIpc) is 2.94. The monoisotopic (exact) mass is 522 g/mol. The maximum Gasteiger partial charge on any atom is 0.326 e. The van der Waals surface area contributed by atoms with Crippen LogP contribution < -0.4 is 10.6 Å². The number of aliphatic carboxylic acids is 1. The summed E-state index contributed by atoms with van der Waals surface area (Å²) >= 11 is 0. The molecule has 7 heteroatoms. The van der Waals surface area contributed by atoms with E-state index in [0.717, 1.165) is 82.5 Å². The molecular formula is C31H46N4O3. The van der Waals surface area contributed by atoms with Crippen molar-refractivity contribution >= 4 is 17.7 Å². The fraction of sp³-hybridized carbons (Fsp3) is 0.581. The lowest BCUT2D eigenvalue weighted by molar-refractivity contribution is -0.142. The zero-order valence-electron chi connectivity index (χ0n) is 23.3. The van der Waals surface area contributed by atoms with Crippen LogP contribution >= 0.6 is 0 Å². The number of rotatable bonds is 17. The Kier molecular flexibility index (Phi) is 12.6. The molecule has 0 aliphatic carbocycles. The highest BCUT2D eigenvalue weighted by atomic mass is 16.4. The van der Waals surface area contributed by atoms with Gasteiger partial charge in [-0.1, -0.05) is 63.1 Å². The number of nitrogens with one attached hydrogen (secondary N) is 2. The Morgan fingerprint density at radius 3 is 2.55 bits per heavy atom. The summed E-state index contributed by atoms with van der Waals surface area (Å²) in [6, 6.07) is 13.9. The molecule has 0 saturated heterocycles. The number of amides is 1. The first kappa shape index (κ1) is 29.6. The minimum absolute atomic E-state index is 0.158. The summed E-state index contributed by atoms with van der Waals surface area (Å²) in [7, 11) is 0. The lowest BCUT2D eigenvalue weighted by Gasteiger charge is -2.25. The van der Waals surface area contributed by atoms with Crippen LogP contribution in [0.2, 0.25) is 0 Å². The van der Waals surface area contributed by atoms with Gasteiger partial charge >= 0.3 is 5.97 Å². The summed E-state index contributed by atoms with van der Waals surface area (Å²) in [6.07, 6.45) is 8.79. The van der Waals surface area contributed by atoms with Gasteiger partial charge in [0, 0.05) is 31.7 Å². The van der Waals surface area contributed by atoms with Gasteiger partial charge in [-0.25, -0.2) is 9.78 Å². The van der Waals surface area contributed by atoms with Crippen molar-refractivity contribution in [2.75, 3.05) is 31.5 Å². The van der Waals surface area contributed by atoms with Crippen LogP contribution in [0.25, 0.3) is 0 Å². The molecule has 1 aromatic carbocycles. The molecule has 0 bridgehead atoms. The van der Waals surface area contributed by atoms with Crippen molar-refractivity contribution < 1.29 is 14.7 Å². The molecule has 1 aromatic heterocycles. The SMILES string of the molecule is CCC(CC)CC(=O)NC(CCN(CCCCc1ccc2c(n1)NCCC2)CCc1ccccc1)C(=O)O. The van der Waals surface area contributed by atoms with Crippen LogP contribution in [-0.2, 0) is 28.9 Å². The van der Waals surface area contributed by atoms with Crippen LogP contribution in [0.4, 0.5) is 5.82 Å². The highest BCUT2D eigenvalue weighted by Gasteiger charge is 2.22. The van der Waals surface area contributed by atoms with Gasteiger partial charge in [0.15, 0.2) is 0 Å². The molecule has 3 rings (SSSR count). The third-order valence-corrected chi connectivity index (χ3v) is 7.66. The second-order valence-corrected chi connectivity index (χ2v) is 10.5. The molecule has 1 amide bonds. The highest BCUT2D eigenvalue weighted by molar-refractivity contribution is 5.83. The molecule has 0 saturated carbocycles. The van der Waals surface area contributed by atoms with Crippen molar-refractivity contribution in [2.45, 2.75) is 84.1 Å². The van der Waals surface area contributed by atoms with Gasteiger partial charge in [0.05, 0.1) is 0 Å². The standard InChI is InChI=1S/C31H46N4O3/c1-3-24(4-2)23-29(36)34-28(31(37)38)18-22-35(21-17-25-11-6-5-7-12-25)20-9-8-14-27-16-15-26-13-10-19-32-30(26)33-27/h5-7,11-12,15-16,24,28H,3-4,8-10,13-14,17-23H2,1-2H3,(H,32,33)(H,34,36)(H,37,38). The predicted molar refractivity (Wildman–Crippen MR) is 153 cm³/mol. The zero-order chi connectivity index (χ0) is 27.2. The molecule has 0 radical (unpaired) electrons. The van der Waals surface area contributed by atoms with E-state index in [2.05, 4.69) is 65.8 Å². The van der Waals surface area contributed by atoms with Crippen molar-refractivity contribution in [1.82, 2.24) is 15.2 Å². The second kappa shape index (κ2) is 16.1. The molecule has 38 heavy (non-hydrogen) atoms. The molecule has 7 nitrogen and oxygen atoms in total. The Morgan fingerprint density at radius 2 is 1.82 bits per heavy atom. The summed E-state index contributed by atoms with van der Waals surface area (Å²) in [5, 5.41) is 16.0. The Hall–Kier alpha value is -2.93. The Bertz CT molecular complexity index is 994. The number of carboxylic acid groups (broad SMARTS) is 1. The van der Waals surface area contributed by atoms with Crippen LogP contribution in [0.1, 0.15) is 75.6 Å². The number of carbonyl (C=O) groups is 2. The number of fused-ring (bicyclic) bond motifs is 1. The van der Waals surface area contributed by atoms with E-state index in [1.165, 1.54) is 11.1 Å². The van der Waals surface area contributed by atoms with Crippen molar-refractivity contribution in [3.05, 3.63) is 59.3 Å². The lowest BCUT2D eigenvalue weighted by Crippen LogP contribution is -2.44. The lowest BCUT2D eigenvalue weighted by atomic mass is 9.99. The van der Waals surface area contributed by atoms with Gasteiger partial charge in [-0.15, -0.1) is 0 Å². The summed E-state index contributed by atoms with van der Waals surface area (Å²) in [4.78, 5) is 31.6. The maximum absolute atomic E-state index is 12.5. The summed E-state index contributed by atoms with van der Waals surface area (Å²) in [5.74, 6) is 0.225.